The Balaban J connectivity index is 1.75. The number of nitrogens with one attached hydrogen (secondary N) is 1. The zero-order chi connectivity index (χ0) is 12.5. The molecule has 2 fully saturated rings. The van der Waals surface area contributed by atoms with Crippen molar-refractivity contribution < 1.29 is 0 Å². The summed E-state index contributed by atoms with van der Waals surface area (Å²) in [5, 5.41) is 3.56. The van der Waals surface area contributed by atoms with Crippen molar-refractivity contribution in [3.05, 3.63) is 35.4 Å². The van der Waals surface area contributed by atoms with Crippen LogP contribution in [0.1, 0.15) is 43.7 Å². The fourth-order valence-electron chi connectivity index (χ4n) is 3.01. The highest BCUT2D eigenvalue weighted by Crippen LogP contribution is 2.41. The van der Waals surface area contributed by atoms with E-state index in [0.29, 0.717) is 12.1 Å². The van der Waals surface area contributed by atoms with E-state index in [4.69, 9.17) is 0 Å². The van der Waals surface area contributed by atoms with Gasteiger partial charge >= 0.3 is 0 Å². The molecular weight excluding hydrogens is 220 g/mol. The fourth-order valence-corrected chi connectivity index (χ4v) is 3.01. The highest BCUT2D eigenvalue weighted by atomic mass is 15.2. The first kappa shape index (κ1) is 12.2. The van der Waals surface area contributed by atoms with Gasteiger partial charge < -0.3 is 5.32 Å². The van der Waals surface area contributed by atoms with Crippen molar-refractivity contribution in [1.29, 1.82) is 0 Å². The number of hydrogen-bond donors (Lipinski definition) is 1. The Hall–Kier alpha value is -0.860. The lowest BCUT2D eigenvalue weighted by molar-refractivity contribution is 0.138. The smallest absolute Gasteiger partial charge is 0.0240 e. The molecule has 0 spiro atoms. The van der Waals surface area contributed by atoms with Gasteiger partial charge in [-0.05, 0) is 43.7 Å². The highest BCUT2D eigenvalue weighted by Gasteiger charge is 2.28. The van der Waals surface area contributed by atoms with Gasteiger partial charge in [-0.25, -0.2) is 0 Å². The first-order chi connectivity index (χ1) is 8.74. The third-order valence-corrected chi connectivity index (χ3v) is 4.34. The summed E-state index contributed by atoms with van der Waals surface area (Å²) < 4.78 is 0. The molecule has 18 heavy (non-hydrogen) atoms. The zero-order valence-electron chi connectivity index (χ0n) is 11.5. The van der Waals surface area contributed by atoms with Crippen LogP contribution in [0.3, 0.4) is 0 Å². The molecule has 0 bridgehead atoms. The third-order valence-electron chi connectivity index (χ3n) is 4.34. The van der Waals surface area contributed by atoms with E-state index in [9.17, 15) is 0 Å². The molecule has 2 nitrogen and oxygen atoms in total. The number of piperazine rings is 1. The summed E-state index contributed by atoms with van der Waals surface area (Å²) in [6.45, 7) is 8.02. The van der Waals surface area contributed by atoms with Gasteiger partial charge in [-0.3, -0.25) is 4.90 Å². The van der Waals surface area contributed by atoms with Crippen LogP contribution in [-0.4, -0.2) is 30.1 Å². The Morgan fingerprint density at radius 1 is 1.22 bits per heavy atom. The van der Waals surface area contributed by atoms with Crippen molar-refractivity contribution in [1.82, 2.24) is 10.2 Å². The summed E-state index contributed by atoms with van der Waals surface area (Å²) in [6, 6.07) is 10.3. The molecule has 1 saturated heterocycles. The van der Waals surface area contributed by atoms with Crippen LogP contribution in [0, 0.1) is 0 Å². The fraction of sp³-hybridized carbons (Fsp3) is 0.625. The normalized spacial score (nSPS) is 29.4. The summed E-state index contributed by atoms with van der Waals surface area (Å²) >= 11 is 0. The van der Waals surface area contributed by atoms with Crippen molar-refractivity contribution in [2.45, 2.75) is 51.2 Å². The van der Waals surface area contributed by atoms with Gasteiger partial charge in [-0.2, -0.15) is 0 Å². The topological polar surface area (TPSA) is 15.3 Å². The highest BCUT2D eigenvalue weighted by molar-refractivity contribution is 5.33. The summed E-state index contributed by atoms with van der Waals surface area (Å²) in [6.07, 6.45) is 2.79. The van der Waals surface area contributed by atoms with Crippen LogP contribution in [0.4, 0.5) is 0 Å². The van der Waals surface area contributed by atoms with Crippen molar-refractivity contribution in [2.75, 3.05) is 13.1 Å². The van der Waals surface area contributed by atoms with Gasteiger partial charge in [0.05, 0.1) is 0 Å². The predicted molar refractivity (Wildman–Crippen MR) is 75.8 cm³/mol. The molecule has 98 valence electrons. The maximum absolute atomic E-state index is 3.56. The number of benzene rings is 1. The molecule has 0 amide bonds. The molecule has 2 aliphatic rings. The van der Waals surface area contributed by atoms with Crippen molar-refractivity contribution in [3.63, 3.8) is 0 Å². The summed E-state index contributed by atoms with van der Waals surface area (Å²) in [4.78, 5) is 2.63. The van der Waals surface area contributed by atoms with Gasteiger partial charge in [-0.15, -0.1) is 0 Å². The second-order valence-electron chi connectivity index (χ2n) is 6.06. The van der Waals surface area contributed by atoms with Gasteiger partial charge in [0.2, 0.25) is 0 Å². The molecular formula is C16H24N2. The lowest BCUT2D eigenvalue weighted by Gasteiger charge is -2.38. The van der Waals surface area contributed by atoms with Crippen LogP contribution in [0.15, 0.2) is 24.3 Å². The zero-order valence-corrected chi connectivity index (χ0v) is 11.5. The minimum Gasteiger partial charge on any atom is -0.311 e. The molecule has 1 aliphatic carbocycles. The summed E-state index contributed by atoms with van der Waals surface area (Å²) in [7, 11) is 0. The van der Waals surface area contributed by atoms with E-state index in [1.165, 1.54) is 19.4 Å². The molecule has 1 heterocycles. The minimum absolute atomic E-state index is 0.620. The first-order valence-electron chi connectivity index (χ1n) is 7.29. The molecule has 1 saturated carbocycles. The van der Waals surface area contributed by atoms with Gasteiger partial charge in [0.25, 0.3) is 0 Å². The Labute approximate surface area is 110 Å². The van der Waals surface area contributed by atoms with E-state index >= 15 is 0 Å². The second-order valence-corrected chi connectivity index (χ2v) is 6.06. The maximum Gasteiger partial charge on any atom is 0.0240 e. The quantitative estimate of drug-likeness (QED) is 0.879. The Morgan fingerprint density at radius 3 is 2.78 bits per heavy atom. The molecule has 1 N–H and O–H groups in total. The van der Waals surface area contributed by atoms with Crippen molar-refractivity contribution in [3.8, 4) is 0 Å². The molecule has 1 aliphatic heterocycles. The monoisotopic (exact) mass is 244 g/mol. The summed E-state index contributed by atoms with van der Waals surface area (Å²) in [5.74, 6) is 0.858. The van der Waals surface area contributed by atoms with E-state index in [-0.39, 0.29) is 0 Å². The van der Waals surface area contributed by atoms with Crippen LogP contribution in [0.2, 0.25) is 0 Å². The minimum atomic E-state index is 0.620. The second kappa shape index (κ2) is 5.02. The SMILES string of the molecule is CC1CN(Cc2ccccc2C2CC2)C(C)CN1. The van der Waals surface area contributed by atoms with E-state index in [1.807, 2.05) is 0 Å². The molecule has 0 aromatic heterocycles. The average molecular weight is 244 g/mol. The van der Waals surface area contributed by atoms with E-state index < -0.39 is 0 Å². The first-order valence-corrected chi connectivity index (χ1v) is 7.29. The van der Waals surface area contributed by atoms with E-state index in [1.54, 1.807) is 11.1 Å². The molecule has 2 unspecified atom stereocenters. The van der Waals surface area contributed by atoms with E-state index in [0.717, 1.165) is 19.0 Å². The number of nitrogens with zero attached hydrogens (tertiary/aromatic N) is 1. The Bertz CT molecular complexity index is 411. The standard InChI is InChI=1S/C16H24N2/c1-12-10-18(13(2)9-17-12)11-15-5-3-4-6-16(15)14-7-8-14/h3-6,12-14,17H,7-11H2,1-2H3. The third kappa shape index (κ3) is 2.60. The molecule has 2 atom stereocenters. The lowest BCUT2D eigenvalue weighted by atomic mass is 10.0. The predicted octanol–water partition coefficient (Wildman–Crippen LogP) is 2.75. The molecule has 2 heteroatoms. The summed E-state index contributed by atoms with van der Waals surface area (Å²) in [5.41, 5.74) is 3.16. The maximum atomic E-state index is 3.56. The van der Waals surface area contributed by atoms with Gasteiger partial charge in [0.1, 0.15) is 0 Å². The Kier molecular flexibility index (Phi) is 3.40. The van der Waals surface area contributed by atoms with Crippen LogP contribution >= 0.6 is 0 Å². The van der Waals surface area contributed by atoms with Crippen molar-refractivity contribution in [2.24, 2.45) is 0 Å². The molecule has 0 radical (unpaired) electrons. The average Bonchev–Trinajstić information content (AvgIpc) is 3.19. The Morgan fingerprint density at radius 2 is 2.00 bits per heavy atom. The van der Waals surface area contributed by atoms with Crippen LogP contribution in [0.5, 0.6) is 0 Å². The largest absolute Gasteiger partial charge is 0.311 e. The number of rotatable bonds is 3. The van der Waals surface area contributed by atoms with Gasteiger partial charge in [-0.1, -0.05) is 24.3 Å². The van der Waals surface area contributed by atoms with Gasteiger partial charge in [0.15, 0.2) is 0 Å². The van der Waals surface area contributed by atoms with E-state index in [2.05, 4.69) is 48.3 Å². The number of hydrogen-bond acceptors (Lipinski definition) is 2. The molecule has 3 rings (SSSR count). The van der Waals surface area contributed by atoms with Crippen LogP contribution < -0.4 is 5.32 Å². The molecule has 1 aromatic carbocycles. The lowest BCUT2D eigenvalue weighted by Crippen LogP contribution is -2.53. The van der Waals surface area contributed by atoms with Gasteiger partial charge in [0, 0.05) is 31.7 Å². The van der Waals surface area contributed by atoms with Crippen LogP contribution in [-0.2, 0) is 6.54 Å². The van der Waals surface area contributed by atoms with Crippen molar-refractivity contribution >= 4 is 0 Å². The molecule has 1 aromatic rings. The van der Waals surface area contributed by atoms with Crippen LogP contribution in [0.25, 0.3) is 0 Å².